The molecule has 7 heteroatoms. The van der Waals surface area contributed by atoms with Crippen molar-refractivity contribution in [3.05, 3.63) is 33.9 Å². The van der Waals surface area contributed by atoms with Gasteiger partial charge < -0.3 is 15.2 Å². The Kier molecular flexibility index (Phi) is 4.42. The lowest BCUT2D eigenvalue weighted by Crippen LogP contribution is -2.41. The number of nitro groups is 1. The van der Waals surface area contributed by atoms with Crippen molar-refractivity contribution in [1.82, 2.24) is 5.32 Å². The molecule has 0 unspecified atom stereocenters. The molecule has 1 saturated carbocycles. The van der Waals surface area contributed by atoms with E-state index in [0.717, 1.165) is 12.8 Å². The maximum atomic E-state index is 12.2. The van der Waals surface area contributed by atoms with Crippen molar-refractivity contribution in [2.24, 2.45) is 0 Å². The van der Waals surface area contributed by atoms with Crippen LogP contribution in [0.1, 0.15) is 36.0 Å². The highest BCUT2D eigenvalue weighted by atomic mass is 16.6. The zero-order valence-electron chi connectivity index (χ0n) is 11.8. The van der Waals surface area contributed by atoms with E-state index in [4.69, 9.17) is 4.74 Å². The zero-order chi connectivity index (χ0) is 15.5. The maximum Gasteiger partial charge on any atom is 0.285 e. The molecule has 0 aromatic heterocycles. The van der Waals surface area contributed by atoms with Crippen molar-refractivity contribution in [2.75, 3.05) is 13.7 Å². The Balaban J connectivity index is 2.20. The monoisotopic (exact) mass is 294 g/mol. The molecule has 1 aliphatic carbocycles. The second-order valence-corrected chi connectivity index (χ2v) is 5.23. The van der Waals surface area contributed by atoms with Gasteiger partial charge in [0.25, 0.3) is 11.6 Å². The first-order chi connectivity index (χ1) is 9.97. The predicted molar refractivity (Wildman–Crippen MR) is 75.4 cm³/mol. The van der Waals surface area contributed by atoms with Gasteiger partial charge in [0.15, 0.2) is 5.56 Å². The van der Waals surface area contributed by atoms with Gasteiger partial charge >= 0.3 is 0 Å². The molecule has 1 fully saturated rings. The highest BCUT2D eigenvalue weighted by Gasteiger charge is 2.33. The van der Waals surface area contributed by atoms with Crippen LogP contribution in [0.25, 0.3) is 0 Å². The SMILES string of the molecule is COc1cccc([N+](=O)[O-])c1C(=O)NCC1(O)CCCC1. The number of ether oxygens (including phenoxy) is 1. The lowest BCUT2D eigenvalue weighted by atomic mass is 10.0. The van der Waals surface area contributed by atoms with E-state index in [1.54, 1.807) is 0 Å². The largest absolute Gasteiger partial charge is 0.496 e. The lowest BCUT2D eigenvalue weighted by Gasteiger charge is -2.22. The van der Waals surface area contributed by atoms with Crippen molar-refractivity contribution in [3.63, 3.8) is 0 Å². The van der Waals surface area contributed by atoms with E-state index in [0.29, 0.717) is 12.8 Å². The van der Waals surface area contributed by atoms with Crippen molar-refractivity contribution >= 4 is 11.6 Å². The maximum absolute atomic E-state index is 12.2. The molecule has 1 aromatic carbocycles. The van der Waals surface area contributed by atoms with Gasteiger partial charge in [0.2, 0.25) is 0 Å². The van der Waals surface area contributed by atoms with E-state index in [9.17, 15) is 20.0 Å². The van der Waals surface area contributed by atoms with Gasteiger partial charge in [-0.15, -0.1) is 0 Å². The van der Waals surface area contributed by atoms with Gasteiger partial charge in [-0.25, -0.2) is 0 Å². The number of carbonyl (C=O) groups excluding carboxylic acids is 1. The first kappa shape index (κ1) is 15.2. The molecule has 21 heavy (non-hydrogen) atoms. The van der Waals surface area contributed by atoms with Gasteiger partial charge in [-0.2, -0.15) is 0 Å². The number of carbonyl (C=O) groups is 1. The summed E-state index contributed by atoms with van der Waals surface area (Å²) in [5.74, 6) is -0.473. The quantitative estimate of drug-likeness (QED) is 0.635. The molecule has 2 N–H and O–H groups in total. The number of benzene rings is 1. The molecule has 1 amide bonds. The van der Waals surface area contributed by atoms with E-state index in [1.807, 2.05) is 0 Å². The number of nitro benzene ring substituents is 1. The minimum atomic E-state index is -0.910. The van der Waals surface area contributed by atoms with Gasteiger partial charge in [0, 0.05) is 12.6 Å². The second-order valence-electron chi connectivity index (χ2n) is 5.23. The number of hydrogen-bond donors (Lipinski definition) is 2. The first-order valence-electron chi connectivity index (χ1n) is 6.79. The van der Waals surface area contributed by atoms with Crippen LogP contribution >= 0.6 is 0 Å². The molecule has 0 saturated heterocycles. The Labute approximate surface area is 122 Å². The van der Waals surface area contributed by atoms with Crippen LogP contribution in [0.4, 0.5) is 5.69 Å². The first-order valence-corrected chi connectivity index (χ1v) is 6.79. The van der Waals surface area contributed by atoms with E-state index in [1.165, 1.54) is 25.3 Å². The minimum Gasteiger partial charge on any atom is -0.496 e. The zero-order valence-corrected chi connectivity index (χ0v) is 11.8. The number of amides is 1. The summed E-state index contributed by atoms with van der Waals surface area (Å²) in [6.07, 6.45) is 3.09. The normalized spacial score (nSPS) is 16.5. The third kappa shape index (κ3) is 3.30. The summed E-state index contributed by atoms with van der Waals surface area (Å²) in [6.45, 7) is 0.0844. The Hall–Kier alpha value is -2.15. The second kappa shape index (κ2) is 6.09. The molecule has 0 radical (unpaired) electrons. The standard InChI is InChI=1S/C14H18N2O5/c1-21-11-6-4-5-10(16(19)20)12(11)13(17)15-9-14(18)7-2-3-8-14/h4-6,18H,2-3,7-9H2,1H3,(H,15,17). The van der Waals surface area contributed by atoms with Crippen LogP contribution in [0.15, 0.2) is 18.2 Å². The van der Waals surface area contributed by atoms with Gasteiger partial charge in [-0.3, -0.25) is 14.9 Å². The predicted octanol–water partition coefficient (Wildman–Crippen LogP) is 1.64. The summed E-state index contributed by atoms with van der Waals surface area (Å²) < 4.78 is 5.03. The summed E-state index contributed by atoms with van der Waals surface area (Å²) in [5.41, 5.74) is -1.34. The lowest BCUT2D eigenvalue weighted by molar-refractivity contribution is -0.385. The van der Waals surface area contributed by atoms with Crippen molar-refractivity contribution < 1.29 is 19.6 Å². The number of rotatable bonds is 5. The Morgan fingerprint density at radius 1 is 1.48 bits per heavy atom. The molecule has 114 valence electrons. The molecule has 1 aliphatic rings. The van der Waals surface area contributed by atoms with Crippen molar-refractivity contribution in [2.45, 2.75) is 31.3 Å². The highest BCUT2D eigenvalue weighted by molar-refractivity contribution is 6.00. The Morgan fingerprint density at radius 2 is 2.14 bits per heavy atom. The van der Waals surface area contributed by atoms with Crippen molar-refractivity contribution in [1.29, 1.82) is 0 Å². The van der Waals surface area contributed by atoms with Crippen LogP contribution in [-0.2, 0) is 0 Å². The molecule has 0 bridgehead atoms. The molecule has 0 heterocycles. The smallest absolute Gasteiger partial charge is 0.285 e. The summed E-state index contributed by atoms with van der Waals surface area (Å²) in [6, 6.07) is 4.20. The van der Waals surface area contributed by atoms with E-state index in [2.05, 4.69) is 5.32 Å². The fourth-order valence-corrected chi connectivity index (χ4v) is 2.61. The summed E-state index contributed by atoms with van der Waals surface area (Å²) in [4.78, 5) is 22.7. The fourth-order valence-electron chi connectivity index (χ4n) is 2.61. The van der Waals surface area contributed by atoms with Gasteiger partial charge in [-0.1, -0.05) is 18.9 Å². The van der Waals surface area contributed by atoms with Crippen LogP contribution < -0.4 is 10.1 Å². The van der Waals surface area contributed by atoms with Crippen LogP contribution in [0.2, 0.25) is 0 Å². The number of hydrogen-bond acceptors (Lipinski definition) is 5. The minimum absolute atomic E-state index is 0.0844. The average Bonchev–Trinajstić information content (AvgIpc) is 2.91. The number of aliphatic hydroxyl groups is 1. The molecule has 0 atom stereocenters. The molecule has 7 nitrogen and oxygen atoms in total. The van der Waals surface area contributed by atoms with Crippen LogP contribution in [0, 0.1) is 10.1 Å². The summed E-state index contributed by atoms with van der Waals surface area (Å²) >= 11 is 0. The van der Waals surface area contributed by atoms with Crippen LogP contribution in [0.5, 0.6) is 5.75 Å². The topological polar surface area (TPSA) is 102 Å². The van der Waals surface area contributed by atoms with Crippen molar-refractivity contribution in [3.8, 4) is 5.75 Å². The van der Waals surface area contributed by atoms with Gasteiger partial charge in [0.1, 0.15) is 5.75 Å². The molecule has 2 rings (SSSR count). The summed E-state index contributed by atoms with van der Waals surface area (Å²) in [5, 5.41) is 23.8. The van der Waals surface area contributed by atoms with Crippen LogP contribution in [0.3, 0.4) is 0 Å². The molecular weight excluding hydrogens is 276 g/mol. The van der Waals surface area contributed by atoms with Gasteiger partial charge in [0.05, 0.1) is 17.6 Å². The molecule has 0 aliphatic heterocycles. The van der Waals surface area contributed by atoms with E-state index < -0.39 is 16.4 Å². The highest BCUT2D eigenvalue weighted by Crippen LogP contribution is 2.30. The molecule has 0 spiro atoms. The molecule has 1 aromatic rings. The molecular formula is C14H18N2O5. The average molecular weight is 294 g/mol. The fraction of sp³-hybridized carbons (Fsp3) is 0.500. The third-order valence-electron chi connectivity index (χ3n) is 3.76. The summed E-state index contributed by atoms with van der Waals surface area (Å²) in [7, 11) is 1.35. The third-order valence-corrected chi connectivity index (χ3v) is 3.76. The van der Waals surface area contributed by atoms with Gasteiger partial charge in [-0.05, 0) is 18.9 Å². The number of methoxy groups -OCH3 is 1. The van der Waals surface area contributed by atoms with E-state index in [-0.39, 0.29) is 23.5 Å². The van der Waals surface area contributed by atoms with Crippen LogP contribution in [-0.4, -0.2) is 35.2 Å². The number of nitrogens with zero attached hydrogens (tertiary/aromatic N) is 1. The number of nitrogens with one attached hydrogen (secondary N) is 1. The Bertz CT molecular complexity index is 552. The van der Waals surface area contributed by atoms with E-state index >= 15 is 0 Å². The Morgan fingerprint density at radius 3 is 2.71 bits per heavy atom.